The molecular formula is C16H19N3O2. The molecule has 1 aliphatic carbocycles. The maximum absolute atomic E-state index is 5.98. The number of ether oxygens (including phenoxy) is 2. The fourth-order valence-corrected chi connectivity index (χ4v) is 2.63. The first-order valence-corrected chi connectivity index (χ1v) is 7.22. The lowest BCUT2D eigenvalue weighted by Gasteiger charge is -2.13. The van der Waals surface area contributed by atoms with Crippen molar-refractivity contribution in [3.8, 4) is 17.4 Å². The van der Waals surface area contributed by atoms with E-state index >= 15 is 0 Å². The summed E-state index contributed by atoms with van der Waals surface area (Å²) in [6, 6.07) is 5.34. The van der Waals surface area contributed by atoms with Crippen LogP contribution in [-0.4, -0.2) is 17.1 Å². The Labute approximate surface area is 124 Å². The Balaban J connectivity index is 1.95. The van der Waals surface area contributed by atoms with Crippen molar-refractivity contribution >= 4 is 5.69 Å². The van der Waals surface area contributed by atoms with Gasteiger partial charge >= 0.3 is 0 Å². The SMILES string of the molecule is COc1cc(N)ccc1Oc1ncnc2c1CCCCC2. The molecule has 1 heterocycles. The minimum atomic E-state index is 0.607. The lowest BCUT2D eigenvalue weighted by Crippen LogP contribution is -2.02. The standard InChI is InChI=1S/C16H19N3O2/c1-20-15-9-11(17)7-8-14(15)21-16-12-5-3-2-4-6-13(12)18-10-19-16/h7-10H,2-6,17H2,1H3. The monoisotopic (exact) mass is 285 g/mol. The second-order valence-electron chi connectivity index (χ2n) is 5.18. The molecule has 2 aromatic rings. The molecule has 0 bridgehead atoms. The minimum Gasteiger partial charge on any atom is -0.493 e. The number of nitrogen functional groups attached to an aromatic ring is 1. The van der Waals surface area contributed by atoms with Crippen molar-refractivity contribution in [1.82, 2.24) is 9.97 Å². The van der Waals surface area contributed by atoms with Crippen molar-refractivity contribution in [1.29, 1.82) is 0 Å². The van der Waals surface area contributed by atoms with E-state index in [9.17, 15) is 0 Å². The van der Waals surface area contributed by atoms with Gasteiger partial charge in [-0.15, -0.1) is 0 Å². The number of hydrogen-bond acceptors (Lipinski definition) is 5. The summed E-state index contributed by atoms with van der Waals surface area (Å²) in [6.07, 6.45) is 7.07. The zero-order chi connectivity index (χ0) is 14.7. The lowest BCUT2D eigenvalue weighted by molar-refractivity contribution is 0.372. The van der Waals surface area contributed by atoms with Crippen molar-refractivity contribution in [2.75, 3.05) is 12.8 Å². The molecule has 110 valence electrons. The number of aromatic nitrogens is 2. The van der Waals surface area contributed by atoms with E-state index in [1.807, 2.05) is 0 Å². The van der Waals surface area contributed by atoms with Crippen LogP contribution in [0.5, 0.6) is 17.4 Å². The molecule has 0 unspecified atom stereocenters. The van der Waals surface area contributed by atoms with E-state index in [1.54, 1.807) is 31.6 Å². The summed E-state index contributed by atoms with van der Waals surface area (Å²) >= 11 is 0. The summed E-state index contributed by atoms with van der Waals surface area (Å²) in [7, 11) is 1.60. The van der Waals surface area contributed by atoms with Crippen molar-refractivity contribution in [2.45, 2.75) is 32.1 Å². The van der Waals surface area contributed by atoms with E-state index in [0.717, 1.165) is 30.5 Å². The summed E-state index contributed by atoms with van der Waals surface area (Å²) < 4.78 is 11.3. The molecule has 5 nitrogen and oxygen atoms in total. The maximum Gasteiger partial charge on any atom is 0.225 e. The minimum absolute atomic E-state index is 0.607. The summed E-state index contributed by atoms with van der Waals surface area (Å²) in [5.74, 6) is 1.86. The molecule has 1 aromatic carbocycles. The second kappa shape index (κ2) is 5.99. The fourth-order valence-electron chi connectivity index (χ4n) is 2.63. The maximum atomic E-state index is 5.98. The Bertz CT molecular complexity index is 643. The Morgan fingerprint density at radius 2 is 1.90 bits per heavy atom. The van der Waals surface area contributed by atoms with Crippen molar-refractivity contribution < 1.29 is 9.47 Å². The van der Waals surface area contributed by atoms with E-state index in [4.69, 9.17) is 15.2 Å². The molecule has 0 fully saturated rings. The van der Waals surface area contributed by atoms with Gasteiger partial charge in [0.15, 0.2) is 11.5 Å². The number of anilines is 1. The summed E-state index contributed by atoms with van der Waals surface area (Å²) in [4.78, 5) is 8.70. The van der Waals surface area contributed by atoms with Crippen LogP contribution in [-0.2, 0) is 12.8 Å². The molecule has 0 spiro atoms. The number of nitrogens with two attached hydrogens (primary N) is 1. The van der Waals surface area contributed by atoms with Gasteiger partial charge in [0, 0.05) is 17.3 Å². The third-order valence-electron chi connectivity index (χ3n) is 3.73. The molecule has 0 amide bonds. The predicted molar refractivity (Wildman–Crippen MR) is 80.8 cm³/mol. The quantitative estimate of drug-likeness (QED) is 0.693. The lowest BCUT2D eigenvalue weighted by atomic mass is 10.1. The van der Waals surface area contributed by atoms with Crippen LogP contribution in [0, 0.1) is 0 Å². The molecule has 0 atom stereocenters. The molecule has 0 saturated heterocycles. The van der Waals surface area contributed by atoms with Gasteiger partial charge in [-0.05, 0) is 37.8 Å². The Kier molecular flexibility index (Phi) is 3.90. The highest BCUT2D eigenvalue weighted by Crippen LogP contribution is 2.35. The van der Waals surface area contributed by atoms with E-state index < -0.39 is 0 Å². The summed E-state index contributed by atoms with van der Waals surface area (Å²) in [5, 5.41) is 0. The van der Waals surface area contributed by atoms with Crippen molar-refractivity contribution in [2.24, 2.45) is 0 Å². The van der Waals surface area contributed by atoms with Crippen LogP contribution in [0.2, 0.25) is 0 Å². The highest BCUT2D eigenvalue weighted by molar-refractivity contribution is 5.53. The van der Waals surface area contributed by atoms with Gasteiger partial charge in [0.1, 0.15) is 6.33 Å². The molecule has 21 heavy (non-hydrogen) atoms. The van der Waals surface area contributed by atoms with Crippen LogP contribution < -0.4 is 15.2 Å². The normalized spacial score (nSPS) is 14.1. The number of fused-ring (bicyclic) bond motifs is 1. The van der Waals surface area contributed by atoms with Gasteiger partial charge in [0.2, 0.25) is 5.88 Å². The number of rotatable bonds is 3. The molecule has 1 aliphatic rings. The van der Waals surface area contributed by atoms with Gasteiger partial charge in [-0.2, -0.15) is 0 Å². The first-order valence-electron chi connectivity index (χ1n) is 7.22. The van der Waals surface area contributed by atoms with Crippen LogP contribution in [0.25, 0.3) is 0 Å². The molecule has 0 aliphatic heterocycles. The third kappa shape index (κ3) is 2.91. The largest absolute Gasteiger partial charge is 0.493 e. The van der Waals surface area contributed by atoms with Gasteiger partial charge in [-0.25, -0.2) is 9.97 Å². The van der Waals surface area contributed by atoms with E-state index in [1.165, 1.54) is 12.8 Å². The Hall–Kier alpha value is -2.30. The molecule has 3 rings (SSSR count). The van der Waals surface area contributed by atoms with Gasteiger partial charge < -0.3 is 15.2 Å². The highest BCUT2D eigenvalue weighted by Gasteiger charge is 2.17. The first kappa shape index (κ1) is 13.7. The number of nitrogens with zero attached hydrogens (tertiary/aromatic N) is 2. The third-order valence-corrected chi connectivity index (χ3v) is 3.73. The van der Waals surface area contributed by atoms with Crippen LogP contribution in [0.15, 0.2) is 24.5 Å². The zero-order valence-electron chi connectivity index (χ0n) is 12.1. The van der Waals surface area contributed by atoms with Crippen molar-refractivity contribution in [3.05, 3.63) is 35.8 Å². The first-order chi connectivity index (χ1) is 10.3. The second-order valence-corrected chi connectivity index (χ2v) is 5.18. The van der Waals surface area contributed by atoms with Gasteiger partial charge in [-0.3, -0.25) is 0 Å². The number of hydrogen-bond donors (Lipinski definition) is 1. The average Bonchev–Trinajstić information content (AvgIpc) is 2.75. The topological polar surface area (TPSA) is 70.3 Å². The molecule has 5 heteroatoms. The Morgan fingerprint density at radius 1 is 1.05 bits per heavy atom. The van der Waals surface area contributed by atoms with Crippen LogP contribution >= 0.6 is 0 Å². The van der Waals surface area contributed by atoms with Gasteiger partial charge in [0.05, 0.1) is 12.8 Å². The fraction of sp³-hybridized carbons (Fsp3) is 0.375. The summed E-state index contributed by atoms with van der Waals surface area (Å²) in [6.45, 7) is 0. The average molecular weight is 285 g/mol. The number of benzene rings is 1. The number of aryl methyl sites for hydroxylation is 1. The van der Waals surface area contributed by atoms with Gasteiger partial charge in [-0.1, -0.05) is 6.42 Å². The van der Waals surface area contributed by atoms with Crippen LogP contribution in [0.3, 0.4) is 0 Å². The van der Waals surface area contributed by atoms with Crippen LogP contribution in [0.4, 0.5) is 5.69 Å². The molecule has 0 saturated carbocycles. The number of methoxy groups -OCH3 is 1. The zero-order valence-corrected chi connectivity index (χ0v) is 12.1. The van der Waals surface area contributed by atoms with E-state index in [-0.39, 0.29) is 0 Å². The van der Waals surface area contributed by atoms with Gasteiger partial charge in [0.25, 0.3) is 0 Å². The Morgan fingerprint density at radius 3 is 2.76 bits per heavy atom. The van der Waals surface area contributed by atoms with Crippen molar-refractivity contribution in [3.63, 3.8) is 0 Å². The summed E-state index contributed by atoms with van der Waals surface area (Å²) in [5.41, 5.74) is 8.63. The van der Waals surface area contributed by atoms with E-state index in [0.29, 0.717) is 23.1 Å². The molecule has 2 N–H and O–H groups in total. The molecular weight excluding hydrogens is 266 g/mol. The highest BCUT2D eigenvalue weighted by atomic mass is 16.5. The smallest absolute Gasteiger partial charge is 0.225 e. The molecule has 0 radical (unpaired) electrons. The molecule has 1 aromatic heterocycles. The van der Waals surface area contributed by atoms with Crippen LogP contribution in [0.1, 0.15) is 30.5 Å². The predicted octanol–water partition coefficient (Wildman–Crippen LogP) is 3.13. The van der Waals surface area contributed by atoms with E-state index in [2.05, 4.69) is 9.97 Å².